The molecule has 2 heterocycles. The van der Waals surface area contributed by atoms with Crippen LogP contribution in [0.4, 0.5) is 5.69 Å². The molecule has 1 aliphatic heterocycles. The van der Waals surface area contributed by atoms with E-state index in [1.807, 2.05) is 48.5 Å². The number of halogens is 2. The van der Waals surface area contributed by atoms with E-state index in [1.54, 1.807) is 12.1 Å². The summed E-state index contributed by atoms with van der Waals surface area (Å²) in [5.41, 5.74) is 4.06. The second kappa shape index (κ2) is 8.86. The summed E-state index contributed by atoms with van der Waals surface area (Å²) in [4.78, 5) is 4.64. The molecule has 0 spiro atoms. The van der Waals surface area contributed by atoms with Gasteiger partial charge in [-0.25, -0.2) is 0 Å². The van der Waals surface area contributed by atoms with Crippen molar-refractivity contribution in [2.24, 2.45) is 0 Å². The minimum atomic E-state index is -0.582. The number of thioether (sulfide) groups is 1. The maximum Gasteiger partial charge on any atom is 0.247 e. The number of nitrogens with zero attached hydrogens (tertiary/aromatic N) is 3. The number of anilines is 1. The first-order valence-electron chi connectivity index (χ1n) is 9.70. The van der Waals surface area contributed by atoms with Crippen molar-refractivity contribution in [2.45, 2.75) is 17.1 Å². The van der Waals surface area contributed by atoms with Crippen LogP contribution in [0.5, 0.6) is 11.6 Å². The van der Waals surface area contributed by atoms with E-state index in [0.717, 1.165) is 22.4 Å². The van der Waals surface area contributed by atoms with Gasteiger partial charge in [0.25, 0.3) is 0 Å². The fourth-order valence-electron chi connectivity index (χ4n) is 3.27. The molecule has 1 atom stereocenters. The second-order valence-corrected chi connectivity index (χ2v) is 8.85. The molecule has 2 N–H and O–H groups in total. The Morgan fingerprint density at radius 1 is 1.00 bits per heavy atom. The van der Waals surface area contributed by atoms with Crippen LogP contribution in [0.2, 0.25) is 10.0 Å². The number of aromatic hydroxyl groups is 1. The first-order chi connectivity index (χ1) is 15.6. The van der Waals surface area contributed by atoms with Crippen molar-refractivity contribution in [3.8, 4) is 22.9 Å². The van der Waals surface area contributed by atoms with E-state index >= 15 is 0 Å². The molecule has 0 radical (unpaired) electrons. The van der Waals surface area contributed by atoms with E-state index in [-0.39, 0.29) is 10.8 Å². The van der Waals surface area contributed by atoms with Gasteiger partial charge in [0, 0.05) is 27.6 Å². The Bertz CT molecular complexity index is 1290. The van der Waals surface area contributed by atoms with Crippen molar-refractivity contribution < 1.29 is 9.84 Å². The largest absolute Gasteiger partial charge is 0.506 e. The number of phenols is 1. The summed E-state index contributed by atoms with van der Waals surface area (Å²) in [6.07, 6.45) is -0.582. The van der Waals surface area contributed by atoms with Gasteiger partial charge in [-0.15, -0.1) is 10.2 Å². The predicted octanol–water partition coefficient (Wildman–Crippen LogP) is 6.35. The van der Waals surface area contributed by atoms with Gasteiger partial charge in [-0.05, 0) is 42.0 Å². The lowest BCUT2D eigenvalue weighted by Crippen LogP contribution is -2.17. The molecule has 0 bridgehead atoms. The van der Waals surface area contributed by atoms with Crippen LogP contribution in [-0.2, 0) is 5.75 Å². The zero-order valence-corrected chi connectivity index (χ0v) is 18.8. The maximum absolute atomic E-state index is 9.78. The van der Waals surface area contributed by atoms with Crippen molar-refractivity contribution in [3.05, 3.63) is 87.9 Å². The standard InChI is InChI=1S/C23H16Cl2N4O2S/c24-15-8-5-13(6-9-15)12-32-23-27-22-20(28-29-23)16-3-1-2-4-18(16)26-21(31-22)14-7-10-19(30)17(25)11-14/h1-11,21,26,30H,12H2. The van der Waals surface area contributed by atoms with E-state index < -0.39 is 6.23 Å². The molecule has 1 aliphatic rings. The van der Waals surface area contributed by atoms with Crippen LogP contribution in [0.25, 0.3) is 11.3 Å². The summed E-state index contributed by atoms with van der Waals surface area (Å²) in [5.74, 6) is 1.05. The first kappa shape index (κ1) is 20.9. The fourth-order valence-corrected chi connectivity index (χ4v) is 4.32. The Morgan fingerprint density at radius 3 is 2.62 bits per heavy atom. The third-order valence-corrected chi connectivity index (χ3v) is 6.35. The molecule has 160 valence electrons. The van der Waals surface area contributed by atoms with Crippen LogP contribution in [0.15, 0.2) is 71.9 Å². The predicted molar refractivity (Wildman–Crippen MR) is 126 cm³/mol. The number of rotatable bonds is 4. The number of fused-ring (bicyclic) bond motifs is 3. The number of hydrogen-bond acceptors (Lipinski definition) is 7. The van der Waals surface area contributed by atoms with E-state index in [9.17, 15) is 5.11 Å². The summed E-state index contributed by atoms with van der Waals surface area (Å²) < 4.78 is 6.23. The van der Waals surface area contributed by atoms with Crippen LogP contribution in [0, 0.1) is 0 Å². The average Bonchev–Trinajstić information content (AvgIpc) is 2.97. The number of benzene rings is 3. The van der Waals surface area contributed by atoms with Crippen LogP contribution >= 0.6 is 35.0 Å². The van der Waals surface area contributed by atoms with Gasteiger partial charge in [0.05, 0.1) is 5.02 Å². The molecule has 0 amide bonds. The van der Waals surface area contributed by atoms with Gasteiger partial charge >= 0.3 is 0 Å². The number of para-hydroxylation sites is 1. The quantitative estimate of drug-likeness (QED) is 0.328. The third kappa shape index (κ3) is 4.32. The Labute approximate surface area is 198 Å². The number of nitrogens with one attached hydrogen (secondary N) is 1. The van der Waals surface area contributed by atoms with Gasteiger partial charge in [-0.1, -0.05) is 65.3 Å². The van der Waals surface area contributed by atoms with Crippen molar-refractivity contribution in [3.63, 3.8) is 0 Å². The molecule has 0 saturated carbocycles. The lowest BCUT2D eigenvalue weighted by molar-refractivity contribution is 0.225. The van der Waals surface area contributed by atoms with Gasteiger partial charge in [-0.2, -0.15) is 4.98 Å². The van der Waals surface area contributed by atoms with E-state index in [4.69, 9.17) is 27.9 Å². The van der Waals surface area contributed by atoms with Crippen LogP contribution in [-0.4, -0.2) is 20.3 Å². The zero-order valence-electron chi connectivity index (χ0n) is 16.5. The van der Waals surface area contributed by atoms with Gasteiger partial charge in [-0.3, -0.25) is 0 Å². The molecular weight excluding hydrogens is 467 g/mol. The first-order valence-corrected chi connectivity index (χ1v) is 11.4. The van der Waals surface area contributed by atoms with Crippen LogP contribution < -0.4 is 10.1 Å². The molecule has 6 nitrogen and oxygen atoms in total. The Morgan fingerprint density at radius 2 is 1.81 bits per heavy atom. The van der Waals surface area contributed by atoms with Crippen molar-refractivity contribution in [1.82, 2.24) is 15.2 Å². The molecule has 1 unspecified atom stereocenters. The van der Waals surface area contributed by atoms with Gasteiger partial charge in [0.2, 0.25) is 11.0 Å². The summed E-state index contributed by atoms with van der Waals surface area (Å²) in [5, 5.41) is 23.3. The minimum Gasteiger partial charge on any atom is -0.506 e. The normalized spacial score (nSPS) is 14.5. The van der Waals surface area contributed by atoms with Crippen molar-refractivity contribution >= 4 is 40.7 Å². The third-order valence-electron chi connectivity index (χ3n) is 4.89. The maximum atomic E-state index is 9.78. The number of phenolic OH excluding ortho intramolecular Hbond substituents is 1. The second-order valence-electron chi connectivity index (χ2n) is 7.06. The van der Waals surface area contributed by atoms with Crippen LogP contribution in [0.1, 0.15) is 17.4 Å². The molecule has 5 rings (SSSR count). The van der Waals surface area contributed by atoms with Crippen molar-refractivity contribution in [2.75, 3.05) is 5.32 Å². The Balaban J connectivity index is 1.49. The lowest BCUT2D eigenvalue weighted by atomic mass is 10.1. The Kier molecular flexibility index (Phi) is 5.78. The summed E-state index contributed by atoms with van der Waals surface area (Å²) in [7, 11) is 0. The smallest absolute Gasteiger partial charge is 0.247 e. The highest BCUT2D eigenvalue weighted by Gasteiger charge is 2.26. The molecular formula is C23H16Cl2N4O2S. The fraction of sp³-hybridized carbons (Fsp3) is 0.0870. The highest BCUT2D eigenvalue weighted by Crippen LogP contribution is 2.40. The summed E-state index contributed by atoms with van der Waals surface area (Å²) in [6, 6.07) is 20.3. The monoisotopic (exact) mass is 482 g/mol. The van der Waals surface area contributed by atoms with E-state index in [1.165, 1.54) is 17.8 Å². The van der Waals surface area contributed by atoms with E-state index in [2.05, 4.69) is 20.5 Å². The highest BCUT2D eigenvalue weighted by molar-refractivity contribution is 7.98. The molecule has 32 heavy (non-hydrogen) atoms. The molecule has 9 heteroatoms. The topological polar surface area (TPSA) is 80.2 Å². The summed E-state index contributed by atoms with van der Waals surface area (Å²) >= 11 is 13.5. The van der Waals surface area contributed by atoms with E-state index in [0.29, 0.717) is 27.5 Å². The zero-order chi connectivity index (χ0) is 22.1. The Hall–Kier alpha value is -3.00. The SMILES string of the molecule is Oc1ccc(C2Nc3ccccc3-c3nnc(SCc4ccc(Cl)cc4)nc3O2)cc1Cl. The lowest BCUT2D eigenvalue weighted by Gasteiger charge is -2.19. The number of hydrogen-bond donors (Lipinski definition) is 2. The number of aromatic nitrogens is 3. The molecule has 0 saturated heterocycles. The molecule has 0 fully saturated rings. The van der Waals surface area contributed by atoms with Gasteiger partial charge < -0.3 is 15.2 Å². The van der Waals surface area contributed by atoms with Crippen molar-refractivity contribution in [1.29, 1.82) is 0 Å². The molecule has 3 aromatic carbocycles. The van der Waals surface area contributed by atoms with Gasteiger partial charge in [0.1, 0.15) is 5.75 Å². The minimum absolute atomic E-state index is 0.00900. The highest BCUT2D eigenvalue weighted by atomic mass is 35.5. The van der Waals surface area contributed by atoms with Gasteiger partial charge in [0.15, 0.2) is 11.9 Å². The molecule has 0 aliphatic carbocycles. The summed E-state index contributed by atoms with van der Waals surface area (Å²) in [6.45, 7) is 0. The molecule has 4 aromatic rings. The molecule has 1 aromatic heterocycles. The van der Waals surface area contributed by atoms with Crippen LogP contribution in [0.3, 0.4) is 0 Å². The average molecular weight is 483 g/mol. The number of ether oxygens (including phenoxy) is 1.